The van der Waals surface area contributed by atoms with Gasteiger partial charge in [0, 0.05) is 12.2 Å². The normalized spacial score (nSPS) is 12.9. The number of nitrogens with zero attached hydrogens (tertiary/aromatic N) is 2. The minimum absolute atomic E-state index is 0.0366. The van der Waals surface area contributed by atoms with Gasteiger partial charge in [-0.1, -0.05) is 23.8 Å². The Bertz CT molecular complexity index is 557. The van der Waals surface area contributed by atoms with E-state index in [1.165, 1.54) is 16.7 Å². The van der Waals surface area contributed by atoms with Crippen molar-refractivity contribution in [2.45, 2.75) is 39.8 Å². The SMILES string of the molecule is Cc1ccc(C(NN)c2ccnn2C(C)C)c(C)c1. The fraction of sp³-hybridized carbons (Fsp3) is 0.400. The third kappa shape index (κ3) is 2.69. The third-order valence-electron chi connectivity index (χ3n) is 3.39. The molecule has 0 saturated heterocycles. The first-order valence-electron chi connectivity index (χ1n) is 6.61. The van der Waals surface area contributed by atoms with Crippen LogP contribution in [0.3, 0.4) is 0 Å². The molecule has 19 heavy (non-hydrogen) atoms. The van der Waals surface area contributed by atoms with Crippen LogP contribution < -0.4 is 11.3 Å². The molecule has 0 spiro atoms. The second-order valence-electron chi connectivity index (χ2n) is 5.25. The van der Waals surface area contributed by atoms with Crippen molar-refractivity contribution >= 4 is 0 Å². The first-order chi connectivity index (χ1) is 9.04. The lowest BCUT2D eigenvalue weighted by atomic mass is 9.97. The van der Waals surface area contributed by atoms with E-state index in [2.05, 4.69) is 56.4 Å². The van der Waals surface area contributed by atoms with Gasteiger partial charge in [-0.15, -0.1) is 0 Å². The van der Waals surface area contributed by atoms with Gasteiger partial charge in [0.05, 0.1) is 11.7 Å². The zero-order valence-corrected chi connectivity index (χ0v) is 12.0. The molecule has 1 heterocycles. The van der Waals surface area contributed by atoms with E-state index in [1.54, 1.807) is 0 Å². The molecule has 0 aliphatic rings. The summed E-state index contributed by atoms with van der Waals surface area (Å²) in [7, 11) is 0. The maximum absolute atomic E-state index is 5.78. The Balaban J connectivity index is 2.47. The summed E-state index contributed by atoms with van der Waals surface area (Å²) in [5.74, 6) is 5.78. The maximum atomic E-state index is 5.78. The smallest absolute Gasteiger partial charge is 0.0881 e. The van der Waals surface area contributed by atoms with Gasteiger partial charge in [-0.3, -0.25) is 10.5 Å². The molecular formula is C15H22N4. The van der Waals surface area contributed by atoms with E-state index in [0.717, 1.165) is 5.69 Å². The van der Waals surface area contributed by atoms with Crippen LogP contribution in [0.2, 0.25) is 0 Å². The topological polar surface area (TPSA) is 55.9 Å². The third-order valence-corrected chi connectivity index (χ3v) is 3.39. The van der Waals surface area contributed by atoms with Crippen molar-refractivity contribution in [3.63, 3.8) is 0 Å². The molecule has 0 aliphatic carbocycles. The molecule has 4 heteroatoms. The second-order valence-corrected chi connectivity index (χ2v) is 5.25. The number of hydrazine groups is 1. The summed E-state index contributed by atoms with van der Waals surface area (Å²) in [5.41, 5.74) is 7.69. The summed E-state index contributed by atoms with van der Waals surface area (Å²) in [5, 5.41) is 4.38. The Kier molecular flexibility index (Phi) is 4.02. The first-order valence-corrected chi connectivity index (χ1v) is 6.61. The van der Waals surface area contributed by atoms with Gasteiger partial charge in [0.2, 0.25) is 0 Å². The van der Waals surface area contributed by atoms with Gasteiger partial charge in [0.1, 0.15) is 0 Å². The zero-order valence-electron chi connectivity index (χ0n) is 12.0. The molecule has 4 nitrogen and oxygen atoms in total. The number of benzene rings is 1. The van der Waals surface area contributed by atoms with Gasteiger partial charge in [-0.25, -0.2) is 5.43 Å². The van der Waals surface area contributed by atoms with Crippen molar-refractivity contribution in [1.29, 1.82) is 0 Å². The molecule has 1 aromatic carbocycles. The van der Waals surface area contributed by atoms with E-state index in [-0.39, 0.29) is 6.04 Å². The molecule has 0 aliphatic heterocycles. The highest BCUT2D eigenvalue weighted by Crippen LogP contribution is 2.26. The summed E-state index contributed by atoms with van der Waals surface area (Å²) in [6.07, 6.45) is 1.82. The second kappa shape index (κ2) is 5.55. The molecule has 2 aromatic rings. The van der Waals surface area contributed by atoms with Gasteiger partial charge >= 0.3 is 0 Å². The minimum atomic E-state index is -0.0366. The molecule has 1 atom stereocenters. The maximum Gasteiger partial charge on any atom is 0.0881 e. The summed E-state index contributed by atoms with van der Waals surface area (Å²) in [6.45, 7) is 8.45. The van der Waals surface area contributed by atoms with E-state index in [0.29, 0.717) is 6.04 Å². The van der Waals surface area contributed by atoms with Crippen molar-refractivity contribution in [2.24, 2.45) is 5.84 Å². The number of hydrogen-bond acceptors (Lipinski definition) is 3. The van der Waals surface area contributed by atoms with E-state index >= 15 is 0 Å². The molecule has 2 rings (SSSR count). The Morgan fingerprint density at radius 2 is 1.95 bits per heavy atom. The lowest BCUT2D eigenvalue weighted by Gasteiger charge is -2.22. The number of nitrogens with two attached hydrogens (primary N) is 1. The zero-order chi connectivity index (χ0) is 14.0. The van der Waals surface area contributed by atoms with Gasteiger partial charge < -0.3 is 0 Å². The fourth-order valence-corrected chi connectivity index (χ4v) is 2.47. The van der Waals surface area contributed by atoms with Crippen LogP contribution in [0.25, 0.3) is 0 Å². The van der Waals surface area contributed by atoms with E-state index in [4.69, 9.17) is 5.84 Å². The number of rotatable bonds is 4. The Morgan fingerprint density at radius 1 is 1.21 bits per heavy atom. The molecule has 3 N–H and O–H groups in total. The lowest BCUT2D eigenvalue weighted by molar-refractivity contribution is 0.475. The number of aryl methyl sites for hydroxylation is 2. The van der Waals surface area contributed by atoms with Crippen LogP contribution >= 0.6 is 0 Å². The van der Waals surface area contributed by atoms with E-state index < -0.39 is 0 Å². The minimum Gasteiger partial charge on any atom is -0.271 e. The van der Waals surface area contributed by atoms with Crippen molar-refractivity contribution in [2.75, 3.05) is 0 Å². The summed E-state index contributed by atoms with van der Waals surface area (Å²) < 4.78 is 2.00. The molecule has 0 fully saturated rings. The Morgan fingerprint density at radius 3 is 2.53 bits per heavy atom. The summed E-state index contributed by atoms with van der Waals surface area (Å²) in [4.78, 5) is 0. The van der Waals surface area contributed by atoms with Crippen LogP contribution in [0.4, 0.5) is 0 Å². The molecule has 1 unspecified atom stereocenters. The van der Waals surface area contributed by atoms with Crippen LogP contribution in [0, 0.1) is 13.8 Å². The molecule has 0 radical (unpaired) electrons. The van der Waals surface area contributed by atoms with Crippen molar-refractivity contribution in [3.05, 3.63) is 52.8 Å². The van der Waals surface area contributed by atoms with Gasteiger partial charge in [0.25, 0.3) is 0 Å². The standard InChI is InChI=1S/C15H22N4/c1-10(2)19-14(7-8-17-19)15(18-16)13-6-5-11(3)9-12(13)4/h5-10,15,18H,16H2,1-4H3. The Hall–Kier alpha value is -1.65. The molecule has 0 bridgehead atoms. The summed E-state index contributed by atoms with van der Waals surface area (Å²) in [6, 6.07) is 8.71. The predicted molar refractivity (Wildman–Crippen MR) is 77.7 cm³/mol. The highest BCUT2D eigenvalue weighted by atomic mass is 15.3. The van der Waals surface area contributed by atoms with Crippen molar-refractivity contribution < 1.29 is 0 Å². The van der Waals surface area contributed by atoms with Crippen molar-refractivity contribution in [1.82, 2.24) is 15.2 Å². The van der Waals surface area contributed by atoms with E-state index in [1.807, 2.05) is 16.9 Å². The van der Waals surface area contributed by atoms with Crippen LogP contribution in [0.5, 0.6) is 0 Å². The molecule has 102 valence electrons. The van der Waals surface area contributed by atoms with Crippen LogP contribution in [-0.2, 0) is 0 Å². The van der Waals surface area contributed by atoms with Gasteiger partial charge in [-0.2, -0.15) is 5.10 Å². The largest absolute Gasteiger partial charge is 0.271 e. The van der Waals surface area contributed by atoms with Gasteiger partial charge in [-0.05, 0) is 44.9 Å². The van der Waals surface area contributed by atoms with Crippen LogP contribution in [-0.4, -0.2) is 9.78 Å². The predicted octanol–water partition coefficient (Wildman–Crippen LogP) is 2.63. The highest BCUT2D eigenvalue weighted by molar-refractivity contribution is 5.36. The van der Waals surface area contributed by atoms with Crippen LogP contribution in [0.1, 0.15) is 48.3 Å². The highest BCUT2D eigenvalue weighted by Gasteiger charge is 2.19. The quantitative estimate of drug-likeness (QED) is 0.655. The average Bonchev–Trinajstić information content (AvgIpc) is 2.82. The molecule has 0 saturated carbocycles. The van der Waals surface area contributed by atoms with Crippen molar-refractivity contribution in [3.8, 4) is 0 Å². The van der Waals surface area contributed by atoms with Crippen LogP contribution in [0.15, 0.2) is 30.5 Å². The average molecular weight is 258 g/mol. The summed E-state index contributed by atoms with van der Waals surface area (Å²) >= 11 is 0. The Labute approximate surface area is 114 Å². The van der Waals surface area contributed by atoms with E-state index in [9.17, 15) is 0 Å². The molecule has 0 amide bonds. The fourth-order valence-electron chi connectivity index (χ4n) is 2.47. The monoisotopic (exact) mass is 258 g/mol. The number of hydrogen-bond donors (Lipinski definition) is 2. The number of nitrogens with one attached hydrogen (secondary N) is 1. The molecule has 1 aromatic heterocycles. The van der Waals surface area contributed by atoms with Gasteiger partial charge in [0.15, 0.2) is 0 Å². The number of aromatic nitrogens is 2. The molecular weight excluding hydrogens is 236 g/mol. The first kappa shape index (κ1) is 13.8. The lowest BCUT2D eigenvalue weighted by Crippen LogP contribution is -2.31.